The highest BCUT2D eigenvalue weighted by atomic mass is 79.9. The van der Waals surface area contributed by atoms with Crippen molar-refractivity contribution >= 4 is 55.9 Å². The zero-order valence-electron chi connectivity index (χ0n) is 13.9. The molecule has 1 N–H and O–H groups in total. The molecule has 0 heterocycles. The van der Waals surface area contributed by atoms with E-state index in [4.69, 9.17) is 21.4 Å². The summed E-state index contributed by atoms with van der Waals surface area (Å²) in [6.45, 7) is -0.492. The summed E-state index contributed by atoms with van der Waals surface area (Å²) in [6, 6.07) is 19.3. The molecule has 0 aliphatic rings. The standard InChI is InChI=1S/C21H13BrClNO3/c22-18-8-13(9-19(23)21(18)27-12-20(25)26)7-17(11-24)16-6-5-14-3-1-2-4-15(14)10-16/h1-10H,12H2,(H,25,26)/b17-7-. The number of hydrogen-bond donors (Lipinski definition) is 1. The van der Waals surface area contributed by atoms with Crippen LogP contribution in [-0.2, 0) is 4.79 Å². The first-order valence-electron chi connectivity index (χ1n) is 7.92. The highest BCUT2D eigenvalue weighted by molar-refractivity contribution is 9.10. The summed E-state index contributed by atoms with van der Waals surface area (Å²) in [5.41, 5.74) is 1.98. The van der Waals surface area contributed by atoms with Crippen molar-refractivity contribution in [3.8, 4) is 11.8 Å². The van der Waals surface area contributed by atoms with Crippen molar-refractivity contribution in [2.24, 2.45) is 0 Å². The molecular formula is C21H13BrClNO3. The van der Waals surface area contributed by atoms with Gasteiger partial charge < -0.3 is 9.84 Å². The Hall–Kier alpha value is -2.81. The van der Waals surface area contributed by atoms with E-state index in [1.165, 1.54) is 0 Å². The van der Waals surface area contributed by atoms with Crippen LogP contribution in [-0.4, -0.2) is 17.7 Å². The molecule has 0 aromatic heterocycles. The second kappa shape index (κ2) is 8.26. The van der Waals surface area contributed by atoms with Crippen LogP contribution in [0.1, 0.15) is 11.1 Å². The number of hydrogen-bond acceptors (Lipinski definition) is 3. The highest BCUT2D eigenvalue weighted by Gasteiger charge is 2.11. The summed E-state index contributed by atoms with van der Waals surface area (Å²) in [7, 11) is 0. The van der Waals surface area contributed by atoms with Gasteiger partial charge in [-0.15, -0.1) is 0 Å². The van der Waals surface area contributed by atoms with Crippen molar-refractivity contribution in [3.63, 3.8) is 0 Å². The lowest BCUT2D eigenvalue weighted by atomic mass is 10.00. The number of ether oxygens (including phenoxy) is 1. The first kappa shape index (κ1) is 19.0. The van der Waals surface area contributed by atoms with E-state index in [1.54, 1.807) is 18.2 Å². The van der Waals surface area contributed by atoms with Gasteiger partial charge in [-0.2, -0.15) is 5.26 Å². The zero-order chi connectivity index (χ0) is 19.4. The molecule has 0 atom stereocenters. The number of carboxylic acids is 1. The zero-order valence-corrected chi connectivity index (χ0v) is 16.3. The van der Waals surface area contributed by atoms with Crippen LogP contribution in [0.5, 0.6) is 5.75 Å². The van der Waals surface area contributed by atoms with Gasteiger partial charge in [0.1, 0.15) is 0 Å². The third-order valence-electron chi connectivity index (χ3n) is 3.85. The molecule has 0 aliphatic heterocycles. The molecule has 0 radical (unpaired) electrons. The molecular weight excluding hydrogens is 430 g/mol. The molecule has 0 saturated heterocycles. The van der Waals surface area contributed by atoms with Gasteiger partial charge in [0.05, 0.1) is 21.1 Å². The number of nitrogens with zero attached hydrogens (tertiary/aromatic N) is 1. The van der Waals surface area contributed by atoms with E-state index < -0.39 is 12.6 Å². The molecule has 0 saturated carbocycles. The van der Waals surface area contributed by atoms with Crippen LogP contribution < -0.4 is 4.74 Å². The fourth-order valence-corrected chi connectivity index (χ4v) is 3.63. The fourth-order valence-electron chi connectivity index (χ4n) is 2.64. The van der Waals surface area contributed by atoms with Gasteiger partial charge >= 0.3 is 5.97 Å². The summed E-state index contributed by atoms with van der Waals surface area (Å²) in [5.74, 6) is -0.842. The minimum Gasteiger partial charge on any atom is -0.479 e. The van der Waals surface area contributed by atoms with Crippen molar-refractivity contribution in [3.05, 3.63) is 75.2 Å². The first-order chi connectivity index (χ1) is 13.0. The van der Waals surface area contributed by atoms with E-state index in [-0.39, 0.29) is 10.8 Å². The molecule has 0 amide bonds. The summed E-state index contributed by atoms with van der Waals surface area (Å²) in [4.78, 5) is 10.7. The van der Waals surface area contributed by atoms with Gasteiger partial charge in [0.2, 0.25) is 0 Å². The van der Waals surface area contributed by atoms with E-state index in [0.717, 1.165) is 16.3 Å². The third-order valence-corrected chi connectivity index (χ3v) is 4.72. The SMILES string of the molecule is N#C/C(=C/c1cc(Cl)c(OCC(=O)O)c(Br)c1)c1ccc2ccccc2c1. The van der Waals surface area contributed by atoms with E-state index in [1.807, 2.05) is 42.5 Å². The minimum atomic E-state index is -1.09. The summed E-state index contributed by atoms with van der Waals surface area (Å²) in [6.07, 6.45) is 1.72. The second-order valence-electron chi connectivity index (χ2n) is 5.73. The lowest BCUT2D eigenvalue weighted by Crippen LogP contribution is -2.10. The number of fused-ring (bicyclic) bond motifs is 1. The van der Waals surface area contributed by atoms with Gasteiger partial charge in [-0.3, -0.25) is 0 Å². The quantitative estimate of drug-likeness (QED) is 0.401. The molecule has 3 aromatic carbocycles. The number of rotatable bonds is 5. The van der Waals surface area contributed by atoms with Crippen LogP contribution in [0.25, 0.3) is 22.4 Å². The Bertz CT molecular complexity index is 1080. The molecule has 0 spiro atoms. The van der Waals surface area contributed by atoms with Crippen LogP contribution in [0.15, 0.2) is 59.1 Å². The third kappa shape index (κ3) is 4.48. The Balaban J connectivity index is 1.97. The number of nitriles is 1. The summed E-state index contributed by atoms with van der Waals surface area (Å²) >= 11 is 9.54. The maximum atomic E-state index is 10.7. The lowest BCUT2D eigenvalue weighted by Gasteiger charge is -2.09. The van der Waals surface area contributed by atoms with E-state index in [0.29, 0.717) is 15.6 Å². The number of benzene rings is 3. The Morgan fingerprint density at radius 3 is 2.59 bits per heavy atom. The predicted molar refractivity (Wildman–Crippen MR) is 110 cm³/mol. The van der Waals surface area contributed by atoms with Gasteiger partial charge in [-0.1, -0.05) is 48.0 Å². The monoisotopic (exact) mass is 441 g/mol. The van der Waals surface area contributed by atoms with Crippen LogP contribution in [0.3, 0.4) is 0 Å². The molecule has 3 aromatic rings. The van der Waals surface area contributed by atoms with Gasteiger partial charge in [0.15, 0.2) is 12.4 Å². The largest absolute Gasteiger partial charge is 0.479 e. The molecule has 0 unspecified atom stereocenters. The van der Waals surface area contributed by atoms with Gasteiger partial charge in [-0.05, 0) is 62.1 Å². The van der Waals surface area contributed by atoms with E-state index in [2.05, 4.69) is 22.0 Å². The van der Waals surface area contributed by atoms with Gasteiger partial charge in [0.25, 0.3) is 0 Å². The van der Waals surface area contributed by atoms with Crippen molar-refractivity contribution in [2.45, 2.75) is 0 Å². The highest BCUT2D eigenvalue weighted by Crippen LogP contribution is 2.35. The summed E-state index contributed by atoms with van der Waals surface area (Å²) in [5, 5.41) is 20.7. The summed E-state index contributed by atoms with van der Waals surface area (Å²) < 4.78 is 5.70. The first-order valence-corrected chi connectivity index (χ1v) is 9.09. The predicted octanol–water partition coefficient (Wildman–Crippen LogP) is 5.78. The van der Waals surface area contributed by atoms with Gasteiger partial charge in [-0.25, -0.2) is 4.79 Å². The molecule has 0 aliphatic carbocycles. The number of carboxylic acid groups (broad SMARTS) is 1. The maximum Gasteiger partial charge on any atom is 0.341 e. The maximum absolute atomic E-state index is 10.7. The normalized spacial score (nSPS) is 11.2. The molecule has 0 bridgehead atoms. The smallest absolute Gasteiger partial charge is 0.341 e. The Labute approximate surface area is 169 Å². The van der Waals surface area contributed by atoms with E-state index in [9.17, 15) is 10.1 Å². The second-order valence-corrected chi connectivity index (χ2v) is 6.99. The average molecular weight is 443 g/mol. The molecule has 4 nitrogen and oxygen atoms in total. The van der Waals surface area contributed by atoms with Crippen molar-refractivity contribution in [1.29, 1.82) is 5.26 Å². The Morgan fingerprint density at radius 1 is 1.19 bits per heavy atom. The molecule has 27 heavy (non-hydrogen) atoms. The molecule has 6 heteroatoms. The number of aliphatic carboxylic acids is 1. The average Bonchev–Trinajstić information content (AvgIpc) is 2.64. The van der Waals surface area contributed by atoms with Crippen LogP contribution in [0.2, 0.25) is 5.02 Å². The molecule has 0 fully saturated rings. The van der Waals surface area contributed by atoms with Gasteiger partial charge in [0, 0.05) is 0 Å². The Kier molecular flexibility index (Phi) is 5.80. The number of allylic oxidation sites excluding steroid dienone is 1. The van der Waals surface area contributed by atoms with E-state index >= 15 is 0 Å². The van der Waals surface area contributed by atoms with Crippen LogP contribution in [0, 0.1) is 11.3 Å². The van der Waals surface area contributed by atoms with Crippen molar-refractivity contribution in [2.75, 3.05) is 6.61 Å². The molecule has 3 rings (SSSR count). The van der Waals surface area contributed by atoms with Crippen molar-refractivity contribution < 1.29 is 14.6 Å². The Morgan fingerprint density at radius 2 is 1.93 bits per heavy atom. The number of carbonyl (C=O) groups is 1. The minimum absolute atomic E-state index is 0.250. The number of halogens is 2. The van der Waals surface area contributed by atoms with Crippen LogP contribution in [0.4, 0.5) is 0 Å². The topological polar surface area (TPSA) is 70.3 Å². The lowest BCUT2D eigenvalue weighted by molar-refractivity contribution is -0.139. The molecule has 134 valence electrons. The van der Waals surface area contributed by atoms with Crippen molar-refractivity contribution in [1.82, 2.24) is 0 Å². The van der Waals surface area contributed by atoms with Crippen LogP contribution >= 0.6 is 27.5 Å². The fraction of sp³-hybridized carbons (Fsp3) is 0.0476.